The Morgan fingerprint density at radius 3 is 2.16 bits per heavy atom. The molecule has 6 heteroatoms. The maximum absolute atomic E-state index is 14.7. The monoisotopic (exact) mass is 539 g/mol. The van der Waals surface area contributed by atoms with E-state index in [1.165, 1.54) is 93.2 Å². The Hall–Kier alpha value is -2.73. The van der Waals surface area contributed by atoms with Crippen molar-refractivity contribution in [2.24, 2.45) is 0 Å². The van der Waals surface area contributed by atoms with Crippen LogP contribution in [-0.4, -0.2) is 11.1 Å². The Balaban J connectivity index is 1.42. The van der Waals surface area contributed by atoms with Crippen LogP contribution in [0.1, 0.15) is 101 Å². The third kappa shape index (κ3) is 10.6. The summed E-state index contributed by atoms with van der Waals surface area (Å²) in [5.74, 6) is -0.799. The predicted octanol–water partition coefficient (Wildman–Crippen LogP) is 10.3. The summed E-state index contributed by atoms with van der Waals surface area (Å²) in [6.45, 7) is 4.42. The van der Waals surface area contributed by atoms with Gasteiger partial charge in [-0.25, -0.2) is 9.18 Å². The number of unbranched alkanes of at least 4 members (excludes halogenated alkanes) is 10. The zero-order valence-electron chi connectivity index (χ0n) is 23.0. The van der Waals surface area contributed by atoms with Gasteiger partial charge >= 0.3 is 6.16 Å². The highest BCUT2D eigenvalue weighted by Crippen LogP contribution is 2.28. The predicted molar refractivity (Wildman–Crippen MR) is 155 cm³/mol. The van der Waals surface area contributed by atoms with Gasteiger partial charge in [0.2, 0.25) is 0 Å². The van der Waals surface area contributed by atoms with Crippen LogP contribution in [0.15, 0.2) is 48.7 Å². The van der Waals surface area contributed by atoms with E-state index in [9.17, 15) is 9.18 Å². The first-order valence-electron chi connectivity index (χ1n) is 14.3. The third-order valence-corrected chi connectivity index (χ3v) is 7.69. The van der Waals surface area contributed by atoms with E-state index < -0.39 is 12.0 Å². The Labute approximate surface area is 231 Å². The number of thiophene rings is 1. The molecule has 206 valence electrons. The normalized spacial score (nSPS) is 11.0. The molecule has 0 aliphatic rings. The molecular formula is C32H42FNO3S. The summed E-state index contributed by atoms with van der Waals surface area (Å²) >= 11 is 1.41. The van der Waals surface area contributed by atoms with E-state index >= 15 is 0 Å². The second kappa shape index (κ2) is 17.0. The number of pyridine rings is 1. The first-order valence-corrected chi connectivity index (χ1v) is 15.1. The topological polar surface area (TPSA) is 48.4 Å². The number of ether oxygens (including phenoxy) is 2. The Morgan fingerprint density at radius 2 is 1.47 bits per heavy atom. The molecule has 0 unspecified atom stereocenters. The second-order valence-corrected chi connectivity index (χ2v) is 11.0. The summed E-state index contributed by atoms with van der Waals surface area (Å²) in [7, 11) is 0. The van der Waals surface area contributed by atoms with E-state index in [1.54, 1.807) is 12.1 Å². The van der Waals surface area contributed by atoms with Crippen molar-refractivity contribution in [3.8, 4) is 22.1 Å². The van der Waals surface area contributed by atoms with Gasteiger partial charge in [0.05, 0.1) is 5.69 Å². The minimum absolute atomic E-state index is 0.166. The standard InChI is InChI=1S/C32H42FNO3S/c1-3-5-7-8-9-10-11-12-14-15-25-17-20-29(34-24-25)26-18-21-30(28(33)23-26)36-32(35)37-31-22-19-27(38-31)16-13-6-4-2/h17-24H,3-16H2,1-2H3. The summed E-state index contributed by atoms with van der Waals surface area (Å²) in [5, 5.41) is 0.449. The molecule has 2 heterocycles. The van der Waals surface area contributed by atoms with Gasteiger partial charge in [-0.2, -0.15) is 0 Å². The van der Waals surface area contributed by atoms with Crippen molar-refractivity contribution in [2.45, 2.75) is 104 Å². The molecule has 2 aromatic heterocycles. The van der Waals surface area contributed by atoms with Crippen LogP contribution in [0.5, 0.6) is 10.8 Å². The highest BCUT2D eigenvalue weighted by atomic mass is 32.1. The Bertz CT molecular complexity index is 1100. The number of carbonyl (C=O) groups is 1. The first kappa shape index (κ1) is 29.8. The molecule has 0 aliphatic carbocycles. The highest BCUT2D eigenvalue weighted by Gasteiger charge is 2.14. The molecule has 4 nitrogen and oxygen atoms in total. The molecule has 38 heavy (non-hydrogen) atoms. The van der Waals surface area contributed by atoms with E-state index in [0.717, 1.165) is 30.6 Å². The number of hydrogen-bond donors (Lipinski definition) is 0. The zero-order valence-corrected chi connectivity index (χ0v) is 23.8. The minimum atomic E-state index is -0.947. The maximum Gasteiger partial charge on any atom is 0.520 e. The van der Waals surface area contributed by atoms with Crippen molar-refractivity contribution < 1.29 is 18.7 Å². The number of halogens is 1. The van der Waals surface area contributed by atoms with E-state index in [4.69, 9.17) is 9.47 Å². The van der Waals surface area contributed by atoms with Gasteiger partial charge in [0.1, 0.15) is 0 Å². The van der Waals surface area contributed by atoms with Crippen LogP contribution in [0.4, 0.5) is 9.18 Å². The van der Waals surface area contributed by atoms with E-state index in [2.05, 4.69) is 24.9 Å². The van der Waals surface area contributed by atoms with E-state index in [0.29, 0.717) is 16.3 Å². The van der Waals surface area contributed by atoms with E-state index in [-0.39, 0.29) is 5.75 Å². The lowest BCUT2D eigenvalue weighted by molar-refractivity contribution is 0.151. The fourth-order valence-electron chi connectivity index (χ4n) is 4.42. The first-order chi connectivity index (χ1) is 18.6. The maximum atomic E-state index is 14.7. The molecular weight excluding hydrogens is 497 g/mol. The van der Waals surface area contributed by atoms with Crippen LogP contribution in [-0.2, 0) is 12.8 Å². The number of hydrogen-bond acceptors (Lipinski definition) is 5. The van der Waals surface area contributed by atoms with Crippen LogP contribution in [0.3, 0.4) is 0 Å². The molecule has 0 saturated heterocycles. The fourth-order valence-corrected chi connectivity index (χ4v) is 5.30. The molecule has 0 N–H and O–H groups in total. The number of carbonyl (C=O) groups excluding carboxylic acids is 1. The molecule has 0 bridgehead atoms. The molecule has 0 aliphatic heterocycles. The summed E-state index contributed by atoms with van der Waals surface area (Å²) in [6, 6.07) is 12.2. The number of aryl methyl sites for hydroxylation is 2. The van der Waals surface area contributed by atoms with Gasteiger partial charge in [-0.15, -0.1) is 11.3 Å². The molecule has 0 radical (unpaired) electrons. The largest absolute Gasteiger partial charge is 0.520 e. The van der Waals surface area contributed by atoms with Gasteiger partial charge in [-0.1, -0.05) is 84.1 Å². The number of nitrogens with zero attached hydrogens (tertiary/aromatic N) is 1. The highest BCUT2D eigenvalue weighted by molar-refractivity contribution is 7.13. The van der Waals surface area contributed by atoms with Gasteiger partial charge in [0, 0.05) is 16.6 Å². The molecule has 0 amide bonds. The lowest BCUT2D eigenvalue weighted by Gasteiger charge is -2.08. The second-order valence-electron chi connectivity index (χ2n) is 9.91. The molecule has 0 spiro atoms. The SMILES string of the molecule is CCCCCCCCCCCc1ccc(-c2ccc(OC(=O)Oc3ccc(CCCCC)s3)c(F)c2)nc1. The Morgan fingerprint density at radius 1 is 0.789 bits per heavy atom. The Kier molecular flexibility index (Phi) is 13.3. The number of aromatic nitrogens is 1. The quantitative estimate of drug-likeness (QED) is 0.0972. The van der Waals surface area contributed by atoms with Crippen LogP contribution in [0, 0.1) is 5.82 Å². The van der Waals surface area contributed by atoms with Crippen molar-refractivity contribution in [3.63, 3.8) is 0 Å². The lowest BCUT2D eigenvalue weighted by atomic mass is 10.0. The zero-order chi connectivity index (χ0) is 27.0. The van der Waals surface area contributed by atoms with Crippen molar-refractivity contribution in [1.29, 1.82) is 0 Å². The summed E-state index contributed by atoms with van der Waals surface area (Å²) in [4.78, 5) is 17.9. The molecule has 0 atom stereocenters. The molecule has 0 saturated carbocycles. The smallest absolute Gasteiger partial charge is 0.392 e. The molecule has 3 rings (SSSR count). The van der Waals surface area contributed by atoms with E-state index in [1.807, 2.05) is 18.3 Å². The third-order valence-electron chi connectivity index (χ3n) is 6.66. The number of benzene rings is 1. The summed E-state index contributed by atoms with van der Waals surface area (Å²) in [5.41, 5.74) is 2.51. The van der Waals surface area contributed by atoms with Crippen molar-refractivity contribution in [1.82, 2.24) is 4.98 Å². The van der Waals surface area contributed by atoms with Crippen LogP contribution < -0.4 is 9.47 Å². The van der Waals surface area contributed by atoms with Crippen LogP contribution in [0.2, 0.25) is 0 Å². The van der Waals surface area contributed by atoms with Crippen molar-refractivity contribution >= 4 is 17.5 Å². The minimum Gasteiger partial charge on any atom is -0.392 e. The fraction of sp³-hybridized carbons (Fsp3) is 0.500. The lowest BCUT2D eigenvalue weighted by Crippen LogP contribution is -2.13. The van der Waals surface area contributed by atoms with Gasteiger partial charge < -0.3 is 9.47 Å². The summed E-state index contributed by atoms with van der Waals surface area (Å²) in [6.07, 6.45) is 18.1. The van der Waals surface area contributed by atoms with Crippen molar-refractivity contribution in [2.75, 3.05) is 0 Å². The van der Waals surface area contributed by atoms with Crippen LogP contribution >= 0.6 is 11.3 Å². The van der Waals surface area contributed by atoms with Gasteiger partial charge in [0.25, 0.3) is 0 Å². The number of rotatable bonds is 17. The molecule has 3 aromatic rings. The van der Waals surface area contributed by atoms with Gasteiger partial charge in [0.15, 0.2) is 16.6 Å². The van der Waals surface area contributed by atoms with Gasteiger partial charge in [-0.05, 0) is 67.6 Å². The van der Waals surface area contributed by atoms with Crippen molar-refractivity contribution in [3.05, 3.63) is 64.9 Å². The average Bonchev–Trinajstić information content (AvgIpc) is 3.36. The summed E-state index contributed by atoms with van der Waals surface area (Å²) < 4.78 is 25.0. The van der Waals surface area contributed by atoms with Gasteiger partial charge in [-0.3, -0.25) is 4.98 Å². The molecule has 0 fully saturated rings. The molecule has 1 aromatic carbocycles. The van der Waals surface area contributed by atoms with Crippen LogP contribution in [0.25, 0.3) is 11.3 Å². The average molecular weight is 540 g/mol.